The van der Waals surface area contributed by atoms with E-state index in [1.165, 1.54) is 17.8 Å². The van der Waals surface area contributed by atoms with Gasteiger partial charge in [0.25, 0.3) is 0 Å². The summed E-state index contributed by atoms with van der Waals surface area (Å²) in [6, 6.07) is 13.8. The molecule has 7 heteroatoms. The van der Waals surface area contributed by atoms with Gasteiger partial charge in [0.1, 0.15) is 0 Å². The van der Waals surface area contributed by atoms with Crippen LogP contribution in [0.15, 0.2) is 58.3 Å². The van der Waals surface area contributed by atoms with Crippen LogP contribution in [-0.2, 0) is 14.8 Å². The second kappa shape index (κ2) is 6.35. The van der Waals surface area contributed by atoms with E-state index in [1.807, 2.05) is 30.3 Å². The Morgan fingerprint density at radius 1 is 1.17 bits per heavy atom. The summed E-state index contributed by atoms with van der Waals surface area (Å²) < 4.78 is 27.8. The van der Waals surface area contributed by atoms with Gasteiger partial charge in [-0.2, -0.15) is 0 Å². The number of sulfonamides is 1. The third-order valence-electron chi connectivity index (χ3n) is 3.53. The fourth-order valence-corrected chi connectivity index (χ4v) is 4.51. The molecule has 0 fully saturated rings. The van der Waals surface area contributed by atoms with E-state index < -0.39 is 10.0 Å². The molecule has 23 heavy (non-hydrogen) atoms. The minimum absolute atomic E-state index is 0.0751. The molecule has 1 amide bonds. The molecular formula is C16H16N2O3S2. The van der Waals surface area contributed by atoms with E-state index in [4.69, 9.17) is 0 Å². The predicted octanol–water partition coefficient (Wildman–Crippen LogP) is 2.77. The average Bonchev–Trinajstić information content (AvgIpc) is 2.54. The molecule has 2 aromatic carbocycles. The Morgan fingerprint density at radius 3 is 2.65 bits per heavy atom. The topological polar surface area (TPSA) is 75.3 Å². The number of carbonyl (C=O) groups is 1. The van der Waals surface area contributed by atoms with Gasteiger partial charge in [0.2, 0.25) is 15.9 Å². The molecule has 0 aliphatic carbocycles. The zero-order chi connectivity index (χ0) is 16.4. The van der Waals surface area contributed by atoms with E-state index in [0.29, 0.717) is 11.4 Å². The molecule has 5 nitrogen and oxygen atoms in total. The molecule has 1 aliphatic heterocycles. The molecule has 2 aromatic rings. The van der Waals surface area contributed by atoms with Gasteiger partial charge in [0.05, 0.1) is 16.3 Å². The number of benzene rings is 2. The average molecular weight is 348 g/mol. The SMILES string of the molecule is CC(NS(=O)(=O)c1ccc2c(c1)SCC(=O)N2)c1ccccc1. The van der Waals surface area contributed by atoms with Gasteiger partial charge in [-0.25, -0.2) is 13.1 Å². The Bertz CT molecular complexity index is 836. The highest BCUT2D eigenvalue weighted by Gasteiger charge is 2.22. The summed E-state index contributed by atoms with van der Waals surface area (Å²) >= 11 is 1.34. The lowest BCUT2D eigenvalue weighted by molar-refractivity contribution is -0.113. The summed E-state index contributed by atoms with van der Waals surface area (Å²) in [7, 11) is -3.63. The lowest BCUT2D eigenvalue weighted by Crippen LogP contribution is -2.27. The summed E-state index contributed by atoms with van der Waals surface area (Å²) in [6.45, 7) is 1.81. The van der Waals surface area contributed by atoms with Crippen LogP contribution in [0.25, 0.3) is 0 Å². The minimum atomic E-state index is -3.63. The second-order valence-corrected chi connectivity index (χ2v) is 7.98. The zero-order valence-electron chi connectivity index (χ0n) is 12.4. The van der Waals surface area contributed by atoms with Gasteiger partial charge in [0, 0.05) is 10.9 Å². The van der Waals surface area contributed by atoms with Gasteiger partial charge in [-0.1, -0.05) is 30.3 Å². The number of thioether (sulfide) groups is 1. The first kappa shape index (κ1) is 16.0. The Morgan fingerprint density at radius 2 is 1.91 bits per heavy atom. The van der Waals surface area contributed by atoms with Crippen LogP contribution >= 0.6 is 11.8 Å². The number of hydrogen-bond donors (Lipinski definition) is 2. The maximum absolute atomic E-state index is 12.6. The van der Waals surface area contributed by atoms with Crippen LogP contribution in [0.4, 0.5) is 5.69 Å². The Hall–Kier alpha value is -1.83. The first-order chi connectivity index (χ1) is 11.0. The van der Waals surface area contributed by atoms with Gasteiger partial charge in [-0.05, 0) is 30.7 Å². The van der Waals surface area contributed by atoms with Gasteiger partial charge in [-0.15, -0.1) is 11.8 Å². The molecule has 0 radical (unpaired) electrons. The standard InChI is InChI=1S/C16H16N2O3S2/c1-11(12-5-3-2-4-6-12)18-23(20,21)13-7-8-14-15(9-13)22-10-16(19)17-14/h2-9,11,18H,10H2,1H3,(H,17,19). The van der Waals surface area contributed by atoms with Crippen LogP contribution in [0.3, 0.4) is 0 Å². The number of anilines is 1. The molecule has 3 rings (SSSR count). The fraction of sp³-hybridized carbons (Fsp3) is 0.188. The number of rotatable bonds is 4. The third-order valence-corrected chi connectivity index (χ3v) is 6.12. The first-order valence-electron chi connectivity index (χ1n) is 7.10. The lowest BCUT2D eigenvalue weighted by Gasteiger charge is -2.18. The van der Waals surface area contributed by atoms with E-state index in [1.54, 1.807) is 19.1 Å². The number of hydrogen-bond acceptors (Lipinski definition) is 4. The van der Waals surface area contributed by atoms with Crippen molar-refractivity contribution in [2.75, 3.05) is 11.1 Å². The molecule has 1 aliphatic rings. The van der Waals surface area contributed by atoms with Crippen LogP contribution in [0, 0.1) is 0 Å². The van der Waals surface area contributed by atoms with Crippen LogP contribution in [-0.4, -0.2) is 20.1 Å². The monoisotopic (exact) mass is 348 g/mol. The van der Waals surface area contributed by atoms with Crippen LogP contribution in [0.2, 0.25) is 0 Å². The highest BCUT2D eigenvalue weighted by Crippen LogP contribution is 2.33. The molecule has 120 valence electrons. The highest BCUT2D eigenvalue weighted by molar-refractivity contribution is 8.00. The fourth-order valence-electron chi connectivity index (χ4n) is 2.33. The van der Waals surface area contributed by atoms with Gasteiger partial charge in [-0.3, -0.25) is 4.79 Å². The molecule has 1 unspecified atom stereocenters. The first-order valence-corrected chi connectivity index (χ1v) is 9.56. The van der Waals surface area contributed by atoms with Crippen molar-refractivity contribution in [3.05, 3.63) is 54.1 Å². The molecule has 0 saturated carbocycles. The molecule has 1 atom stereocenters. The van der Waals surface area contributed by atoms with Crippen molar-refractivity contribution in [2.24, 2.45) is 0 Å². The Balaban J connectivity index is 1.84. The number of carbonyl (C=O) groups excluding carboxylic acids is 1. The number of fused-ring (bicyclic) bond motifs is 1. The molecule has 0 aromatic heterocycles. The zero-order valence-corrected chi connectivity index (χ0v) is 14.1. The summed E-state index contributed by atoms with van der Waals surface area (Å²) in [5, 5.41) is 2.73. The normalized spacial score (nSPS) is 15.6. The van der Waals surface area contributed by atoms with E-state index in [2.05, 4.69) is 10.0 Å². The van der Waals surface area contributed by atoms with Crippen LogP contribution in [0.1, 0.15) is 18.5 Å². The van der Waals surface area contributed by atoms with E-state index in [-0.39, 0.29) is 16.8 Å². The summed E-state index contributed by atoms with van der Waals surface area (Å²) in [5.74, 6) is 0.221. The second-order valence-electron chi connectivity index (χ2n) is 5.25. The Labute approximate surface area is 139 Å². The predicted molar refractivity (Wildman–Crippen MR) is 91.0 cm³/mol. The molecular weight excluding hydrogens is 332 g/mol. The van der Waals surface area contributed by atoms with Crippen LogP contribution in [0.5, 0.6) is 0 Å². The summed E-state index contributed by atoms with van der Waals surface area (Å²) in [5.41, 5.74) is 1.55. The minimum Gasteiger partial charge on any atom is -0.324 e. The van der Waals surface area contributed by atoms with E-state index in [0.717, 1.165) is 10.5 Å². The maximum atomic E-state index is 12.6. The summed E-state index contributed by atoms with van der Waals surface area (Å²) in [4.78, 5) is 12.3. The highest BCUT2D eigenvalue weighted by atomic mass is 32.2. The molecule has 0 bridgehead atoms. The quantitative estimate of drug-likeness (QED) is 0.891. The van der Waals surface area contributed by atoms with Crippen molar-refractivity contribution in [3.63, 3.8) is 0 Å². The molecule has 0 spiro atoms. The van der Waals surface area contributed by atoms with Crippen molar-refractivity contribution in [1.29, 1.82) is 0 Å². The number of nitrogens with one attached hydrogen (secondary N) is 2. The van der Waals surface area contributed by atoms with Crippen LogP contribution < -0.4 is 10.0 Å². The van der Waals surface area contributed by atoms with Gasteiger partial charge < -0.3 is 5.32 Å². The third kappa shape index (κ3) is 3.57. The van der Waals surface area contributed by atoms with Gasteiger partial charge >= 0.3 is 0 Å². The molecule has 0 saturated heterocycles. The van der Waals surface area contributed by atoms with Crippen molar-refractivity contribution in [2.45, 2.75) is 22.8 Å². The number of amides is 1. The van der Waals surface area contributed by atoms with Crippen molar-refractivity contribution >= 4 is 33.4 Å². The van der Waals surface area contributed by atoms with E-state index in [9.17, 15) is 13.2 Å². The van der Waals surface area contributed by atoms with Crippen molar-refractivity contribution in [1.82, 2.24) is 4.72 Å². The smallest absolute Gasteiger partial charge is 0.241 e. The Kier molecular flexibility index (Phi) is 4.43. The summed E-state index contributed by atoms with van der Waals surface area (Å²) in [6.07, 6.45) is 0. The molecule has 1 heterocycles. The maximum Gasteiger partial charge on any atom is 0.241 e. The van der Waals surface area contributed by atoms with E-state index >= 15 is 0 Å². The van der Waals surface area contributed by atoms with Crippen molar-refractivity contribution in [3.8, 4) is 0 Å². The van der Waals surface area contributed by atoms with Gasteiger partial charge in [0.15, 0.2) is 0 Å². The van der Waals surface area contributed by atoms with Crippen molar-refractivity contribution < 1.29 is 13.2 Å². The largest absolute Gasteiger partial charge is 0.324 e. The molecule has 2 N–H and O–H groups in total. The lowest BCUT2D eigenvalue weighted by atomic mass is 10.1.